The standard InChI is InChI=1S/C24H20N4O2S3/c1-4-14-27-21(30)19(23-25(2)16-12-8-9-13-17(16)32-23)33-22(27)18-20(29)28(24(31)26(18)3)15-10-6-5-7-11-15/h4-13H,1,14H2,2-3H3/b22-18-,23-19-. The Hall–Kier alpha value is -3.14. The van der Waals surface area contributed by atoms with Crippen molar-refractivity contribution in [1.29, 1.82) is 0 Å². The van der Waals surface area contributed by atoms with Crippen molar-refractivity contribution in [3.8, 4) is 0 Å². The van der Waals surface area contributed by atoms with E-state index in [0.717, 1.165) is 15.6 Å². The second-order valence-corrected chi connectivity index (χ2v) is 9.94. The number of likely N-dealkylation sites (N-methyl/N-ethyl adjacent to an activating group) is 1. The van der Waals surface area contributed by atoms with Crippen LogP contribution in [0.3, 0.4) is 0 Å². The number of fused-ring (bicyclic) bond motifs is 1. The lowest BCUT2D eigenvalue weighted by atomic mass is 10.3. The lowest BCUT2D eigenvalue weighted by molar-refractivity contribution is -0.112. The number of allylic oxidation sites excluding steroid dienone is 1. The molecule has 166 valence electrons. The Labute approximate surface area is 204 Å². The summed E-state index contributed by atoms with van der Waals surface area (Å²) in [5.41, 5.74) is 2.00. The Balaban J connectivity index is 1.77. The molecule has 0 aliphatic carbocycles. The van der Waals surface area contributed by atoms with Crippen LogP contribution in [-0.4, -0.2) is 34.6 Å². The number of nitrogens with zero attached hydrogens (tertiary/aromatic N) is 4. The summed E-state index contributed by atoms with van der Waals surface area (Å²) in [5.74, 6) is -0.250. The predicted octanol–water partition coefficient (Wildman–Crippen LogP) is 2.78. The molecular formula is C24H20N4O2S3. The molecule has 33 heavy (non-hydrogen) atoms. The van der Waals surface area contributed by atoms with Crippen LogP contribution in [-0.2, 0) is 11.3 Å². The molecule has 1 amide bonds. The number of thiazole rings is 1. The third-order valence-electron chi connectivity index (χ3n) is 5.56. The van der Waals surface area contributed by atoms with Gasteiger partial charge in [0.1, 0.15) is 19.9 Å². The molecule has 6 nitrogen and oxygen atoms in total. The number of anilines is 2. The molecule has 1 fully saturated rings. The minimum absolute atomic E-state index is 0.144. The second kappa shape index (κ2) is 8.33. The first-order valence-corrected chi connectivity index (χ1v) is 12.2. The van der Waals surface area contributed by atoms with Crippen molar-refractivity contribution in [3.63, 3.8) is 0 Å². The molecule has 3 aromatic rings. The van der Waals surface area contributed by atoms with Crippen molar-refractivity contribution in [2.45, 2.75) is 11.4 Å². The van der Waals surface area contributed by atoms with Gasteiger partial charge in [-0.25, -0.2) is 0 Å². The topological polar surface area (TPSA) is 48.8 Å². The molecule has 9 heteroatoms. The van der Waals surface area contributed by atoms with E-state index in [2.05, 4.69) is 6.58 Å². The lowest BCUT2D eigenvalue weighted by Crippen LogP contribution is -2.35. The summed E-state index contributed by atoms with van der Waals surface area (Å²) < 4.78 is 2.77. The van der Waals surface area contributed by atoms with Gasteiger partial charge in [-0.15, -0.1) is 17.9 Å². The van der Waals surface area contributed by atoms with E-state index in [1.165, 1.54) is 16.2 Å². The van der Waals surface area contributed by atoms with E-state index >= 15 is 0 Å². The monoisotopic (exact) mass is 492 g/mol. The SMILES string of the molecule is C=CCn1c(=O)/c(=C2/Sc3ccccc3N2C)s/c1=C1/C(=O)N(c2ccccc2)C(=S)N1C. The van der Waals surface area contributed by atoms with E-state index in [-0.39, 0.29) is 11.5 Å². The molecule has 1 saturated heterocycles. The summed E-state index contributed by atoms with van der Waals surface area (Å²) in [6.07, 6.45) is 1.67. The fourth-order valence-electron chi connectivity index (χ4n) is 3.94. The van der Waals surface area contributed by atoms with Crippen LogP contribution in [0.5, 0.6) is 0 Å². The molecule has 0 radical (unpaired) electrons. The highest BCUT2D eigenvalue weighted by Gasteiger charge is 2.38. The third-order valence-corrected chi connectivity index (χ3v) is 8.56. The maximum Gasteiger partial charge on any atom is 0.284 e. The Bertz CT molecular complexity index is 1490. The van der Waals surface area contributed by atoms with E-state index in [9.17, 15) is 9.59 Å². The minimum Gasteiger partial charge on any atom is -0.337 e. The van der Waals surface area contributed by atoms with Crippen molar-refractivity contribution in [1.82, 2.24) is 9.47 Å². The van der Waals surface area contributed by atoms with E-state index in [0.29, 0.717) is 32.2 Å². The highest BCUT2D eigenvalue weighted by atomic mass is 32.2. The summed E-state index contributed by atoms with van der Waals surface area (Å²) in [5, 5.41) is 1.23. The highest BCUT2D eigenvalue weighted by molar-refractivity contribution is 8.08. The Morgan fingerprint density at radius 1 is 1.00 bits per heavy atom. The fourth-order valence-corrected chi connectivity index (χ4v) is 6.75. The lowest BCUT2D eigenvalue weighted by Gasteiger charge is -2.16. The summed E-state index contributed by atoms with van der Waals surface area (Å²) in [7, 11) is 3.72. The number of carbonyl (C=O) groups excluding carboxylic acids is 1. The van der Waals surface area contributed by atoms with Gasteiger partial charge in [-0.1, -0.05) is 48.2 Å². The molecule has 2 aliphatic rings. The summed E-state index contributed by atoms with van der Waals surface area (Å²) in [4.78, 5) is 33.4. The molecule has 0 bridgehead atoms. The van der Waals surface area contributed by atoms with E-state index in [1.807, 2.05) is 66.5 Å². The number of carbonyl (C=O) groups is 1. The van der Waals surface area contributed by atoms with Gasteiger partial charge in [0, 0.05) is 25.5 Å². The van der Waals surface area contributed by atoms with Gasteiger partial charge in [-0.3, -0.25) is 19.1 Å². The zero-order valence-corrected chi connectivity index (χ0v) is 20.5. The minimum atomic E-state index is -0.250. The molecule has 0 N–H and O–H groups in total. The number of thiocarbonyl (C=S) groups is 1. The third kappa shape index (κ3) is 3.35. The van der Waals surface area contributed by atoms with Gasteiger partial charge in [0.15, 0.2) is 5.11 Å². The van der Waals surface area contributed by atoms with Crippen molar-refractivity contribution >= 4 is 68.4 Å². The van der Waals surface area contributed by atoms with E-state index in [1.54, 1.807) is 34.4 Å². The predicted molar refractivity (Wildman–Crippen MR) is 140 cm³/mol. The molecule has 1 aromatic heterocycles. The van der Waals surface area contributed by atoms with Gasteiger partial charge in [0.2, 0.25) is 0 Å². The Morgan fingerprint density at radius 2 is 1.70 bits per heavy atom. The maximum absolute atomic E-state index is 13.6. The first-order chi connectivity index (χ1) is 15.9. The molecule has 2 aliphatic heterocycles. The molecule has 3 heterocycles. The van der Waals surface area contributed by atoms with Crippen LogP contribution in [0.25, 0.3) is 10.7 Å². The Kier molecular flexibility index (Phi) is 5.48. The van der Waals surface area contributed by atoms with Crippen molar-refractivity contribution in [2.75, 3.05) is 23.9 Å². The smallest absolute Gasteiger partial charge is 0.284 e. The number of para-hydroxylation sites is 2. The van der Waals surface area contributed by atoms with Gasteiger partial charge >= 0.3 is 0 Å². The van der Waals surface area contributed by atoms with Gasteiger partial charge in [0.05, 0.1) is 11.4 Å². The zero-order chi connectivity index (χ0) is 23.3. The van der Waals surface area contributed by atoms with Gasteiger partial charge in [-0.2, -0.15) is 0 Å². The fraction of sp³-hybridized carbons (Fsp3) is 0.125. The van der Waals surface area contributed by atoms with Crippen LogP contribution < -0.4 is 24.6 Å². The zero-order valence-electron chi connectivity index (χ0n) is 18.0. The van der Waals surface area contributed by atoms with Crippen LogP contribution >= 0.6 is 35.3 Å². The van der Waals surface area contributed by atoms with Crippen molar-refractivity contribution in [3.05, 3.63) is 86.8 Å². The second-order valence-electron chi connectivity index (χ2n) is 7.54. The van der Waals surface area contributed by atoms with Gasteiger partial charge in [0.25, 0.3) is 11.5 Å². The summed E-state index contributed by atoms with van der Waals surface area (Å²) in [6.45, 7) is 4.11. The summed E-state index contributed by atoms with van der Waals surface area (Å²) in [6, 6.07) is 17.3. The molecule has 2 aromatic carbocycles. The molecule has 5 rings (SSSR count). The maximum atomic E-state index is 13.6. The number of hydrogen-bond donors (Lipinski definition) is 0. The first-order valence-electron chi connectivity index (χ1n) is 10.2. The van der Waals surface area contributed by atoms with Crippen LogP contribution in [0, 0.1) is 0 Å². The van der Waals surface area contributed by atoms with E-state index in [4.69, 9.17) is 12.2 Å². The first kappa shape index (κ1) is 21.7. The van der Waals surface area contributed by atoms with Crippen LogP contribution in [0.2, 0.25) is 0 Å². The molecular weight excluding hydrogens is 472 g/mol. The van der Waals surface area contributed by atoms with Crippen LogP contribution in [0.1, 0.15) is 0 Å². The normalized spacial score (nSPS) is 18.9. The average Bonchev–Trinajstić information content (AvgIpc) is 3.39. The van der Waals surface area contributed by atoms with Crippen molar-refractivity contribution < 1.29 is 4.79 Å². The van der Waals surface area contributed by atoms with Crippen molar-refractivity contribution in [2.24, 2.45) is 0 Å². The quantitative estimate of drug-likeness (QED) is 0.414. The number of amides is 1. The van der Waals surface area contributed by atoms with Crippen LogP contribution in [0.4, 0.5) is 11.4 Å². The van der Waals surface area contributed by atoms with Gasteiger partial charge in [-0.05, 0) is 36.5 Å². The largest absolute Gasteiger partial charge is 0.337 e. The molecule has 0 spiro atoms. The molecule has 0 saturated carbocycles. The highest BCUT2D eigenvalue weighted by Crippen LogP contribution is 2.44. The van der Waals surface area contributed by atoms with Crippen LogP contribution in [0.15, 0.2) is 76.9 Å². The number of hydrogen-bond acceptors (Lipinski definition) is 6. The molecule has 0 unspecified atom stereocenters. The average molecular weight is 493 g/mol. The van der Waals surface area contributed by atoms with E-state index < -0.39 is 0 Å². The molecule has 0 atom stereocenters. The number of aromatic nitrogens is 1. The summed E-state index contributed by atoms with van der Waals surface area (Å²) >= 11 is 8.49. The van der Waals surface area contributed by atoms with Gasteiger partial charge < -0.3 is 9.80 Å². The number of thioether (sulfide) groups is 1. The number of benzene rings is 2. The number of rotatable bonds is 3. The Morgan fingerprint density at radius 3 is 2.39 bits per heavy atom.